The van der Waals surface area contributed by atoms with Crippen LogP contribution >= 0.6 is 0 Å². The van der Waals surface area contributed by atoms with Crippen molar-refractivity contribution in [3.8, 4) is 39.6 Å². The highest BCUT2D eigenvalue weighted by atomic mass is 16.5. The van der Waals surface area contributed by atoms with Crippen LogP contribution < -0.4 is 9.64 Å². The van der Waals surface area contributed by atoms with Crippen LogP contribution in [0, 0.1) is 48.5 Å². The average molecular weight is 845 g/mol. The van der Waals surface area contributed by atoms with Crippen LogP contribution in [0.3, 0.4) is 0 Å². The number of aryl methyl sites for hydroxylation is 7. The zero-order chi connectivity index (χ0) is 44.6. The molecule has 1 aliphatic carbocycles. The highest BCUT2D eigenvalue weighted by molar-refractivity contribution is 6.15. The van der Waals surface area contributed by atoms with Gasteiger partial charge in [-0.3, -0.25) is 9.56 Å². The molecule has 318 valence electrons. The Kier molecular flexibility index (Phi) is 8.56. The van der Waals surface area contributed by atoms with Gasteiger partial charge in [-0.05, 0) is 140 Å². The van der Waals surface area contributed by atoms with Crippen molar-refractivity contribution in [3.05, 3.63) is 206 Å². The number of benzene rings is 7. The number of aromatic nitrogens is 2. The normalized spacial score (nSPS) is 16.6. The monoisotopic (exact) mass is 844 g/mol. The molecule has 0 amide bonds. The zero-order valence-corrected chi connectivity index (χ0v) is 38.6. The third kappa shape index (κ3) is 5.91. The van der Waals surface area contributed by atoms with Gasteiger partial charge in [-0.1, -0.05) is 127 Å². The van der Waals surface area contributed by atoms with Gasteiger partial charge < -0.3 is 9.64 Å². The van der Waals surface area contributed by atoms with Gasteiger partial charge in [0.2, 0.25) is 0 Å². The van der Waals surface area contributed by atoms with Gasteiger partial charge in [0.05, 0.1) is 17.1 Å². The van der Waals surface area contributed by atoms with E-state index in [4.69, 9.17) is 14.7 Å². The van der Waals surface area contributed by atoms with Gasteiger partial charge in [0.25, 0.3) is 0 Å². The number of amidine groups is 1. The molecule has 0 bridgehead atoms. The first-order chi connectivity index (χ1) is 31.3. The van der Waals surface area contributed by atoms with Crippen LogP contribution in [0.15, 0.2) is 145 Å². The summed E-state index contributed by atoms with van der Waals surface area (Å²) in [4.78, 5) is 13.5. The Hall–Kier alpha value is -7.24. The SMILES string of the molecule is Cc1cc(C)c(N2C(c3cc(Oc4cc5c(cc4C)c4cc(C)cc6c4n5-c4ncccc4C6(C)C)cc(-c4ccccc4)c3)=N[C@@H]3c4ccc(C)cc4-c4cc(C)ccc4[C@@H]32)c(C)c1. The first-order valence-electron chi connectivity index (χ1n) is 22.9. The van der Waals surface area contributed by atoms with Crippen molar-refractivity contribution in [2.75, 3.05) is 4.90 Å². The number of pyridine rings is 1. The molecule has 3 aliphatic rings. The highest BCUT2D eigenvalue weighted by Crippen LogP contribution is 2.56. The molecule has 0 fully saturated rings. The molecule has 7 aromatic carbocycles. The van der Waals surface area contributed by atoms with Crippen molar-refractivity contribution < 1.29 is 4.74 Å². The van der Waals surface area contributed by atoms with Crippen LogP contribution in [0.25, 0.3) is 49.9 Å². The van der Waals surface area contributed by atoms with E-state index >= 15 is 0 Å². The van der Waals surface area contributed by atoms with Crippen molar-refractivity contribution in [1.29, 1.82) is 0 Å². The van der Waals surface area contributed by atoms with E-state index < -0.39 is 0 Å². The smallest absolute Gasteiger partial charge is 0.141 e. The number of anilines is 1. The second kappa shape index (κ2) is 14.1. The fourth-order valence-corrected chi connectivity index (χ4v) is 11.6. The minimum Gasteiger partial charge on any atom is -0.457 e. The Balaban J connectivity index is 1.07. The lowest BCUT2D eigenvalue weighted by atomic mass is 9.75. The summed E-state index contributed by atoms with van der Waals surface area (Å²) < 4.78 is 9.60. The molecular formula is C60H52N4O. The van der Waals surface area contributed by atoms with Crippen LogP contribution in [0.1, 0.15) is 92.7 Å². The molecule has 12 rings (SSSR count). The number of nitrogens with zero attached hydrogens (tertiary/aromatic N) is 4. The largest absolute Gasteiger partial charge is 0.457 e. The zero-order valence-electron chi connectivity index (χ0n) is 38.6. The van der Waals surface area contributed by atoms with Gasteiger partial charge in [0, 0.05) is 45.3 Å². The molecule has 5 heteroatoms. The van der Waals surface area contributed by atoms with Crippen molar-refractivity contribution in [2.24, 2.45) is 4.99 Å². The average Bonchev–Trinajstić information content (AvgIpc) is 3.82. The van der Waals surface area contributed by atoms with E-state index in [0.29, 0.717) is 0 Å². The number of fused-ring (bicyclic) bond motifs is 11. The summed E-state index contributed by atoms with van der Waals surface area (Å²) in [6.07, 6.45) is 1.91. The van der Waals surface area contributed by atoms with Crippen molar-refractivity contribution in [1.82, 2.24) is 9.55 Å². The van der Waals surface area contributed by atoms with Crippen molar-refractivity contribution in [2.45, 2.75) is 79.8 Å². The van der Waals surface area contributed by atoms with E-state index in [9.17, 15) is 0 Å². The van der Waals surface area contributed by atoms with E-state index in [-0.39, 0.29) is 17.5 Å². The summed E-state index contributed by atoms with van der Waals surface area (Å²) in [5.74, 6) is 3.50. The Morgan fingerprint density at radius 1 is 0.554 bits per heavy atom. The molecule has 4 heterocycles. The molecule has 65 heavy (non-hydrogen) atoms. The summed E-state index contributed by atoms with van der Waals surface area (Å²) >= 11 is 0. The van der Waals surface area contributed by atoms with E-state index in [0.717, 1.165) is 50.9 Å². The number of rotatable bonds is 5. The third-order valence-electron chi connectivity index (χ3n) is 14.4. The molecular weight excluding hydrogens is 793 g/mol. The van der Waals surface area contributed by atoms with Crippen LogP contribution in [-0.4, -0.2) is 15.4 Å². The van der Waals surface area contributed by atoms with Gasteiger partial charge in [-0.15, -0.1) is 0 Å². The predicted octanol–water partition coefficient (Wildman–Crippen LogP) is 15.2. The fraction of sp³-hybridized carbons (Fsp3) is 0.200. The quantitative estimate of drug-likeness (QED) is 0.173. The molecule has 2 atom stereocenters. The standard InChI is InChI=1S/C60H52N4O/c1-33-17-19-44-46(24-33)47-25-34(2)18-20-45(47)57-54(44)62-58(64(57)55-38(6)22-35(3)23-39(55)7)42-29-41(40-14-11-10-12-15-40)30-43(31-42)65-53-32-52-48(28-37(53)5)49-26-36(4)27-51-56(49)63(52)59-50(60(51,8)9)16-13-21-61-59/h10-32,54,57H,1-9H3/t54-,57+/m1/s1. The van der Waals surface area contributed by atoms with Crippen LogP contribution in [0.2, 0.25) is 0 Å². The van der Waals surface area contributed by atoms with Gasteiger partial charge in [0.1, 0.15) is 29.2 Å². The summed E-state index contributed by atoms with van der Waals surface area (Å²) in [7, 11) is 0. The number of ether oxygens (including phenoxy) is 1. The maximum atomic E-state index is 7.23. The van der Waals surface area contributed by atoms with Crippen molar-refractivity contribution in [3.63, 3.8) is 0 Å². The lowest BCUT2D eigenvalue weighted by molar-refractivity contribution is 0.479. The molecule has 0 N–H and O–H groups in total. The number of aliphatic imine (C=N–C) groups is 1. The number of hydrogen-bond acceptors (Lipinski definition) is 4. The molecule has 0 radical (unpaired) electrons. The van der Waals surface area contributed by atoms with E-state index in [1.807, 2.05) is 6.20 Å². The highest BCUT2D eigenvalue weighted by Gasteiger charge is 2.45. The molecule has 5 nitrogen and oxygen atoms in total. The summed E-state index contributed by atoms with van der Waals surface area (Å²) in [5, 5.41) is 2.45. The summed E-state index contributed by atoms with van der Waals surface area (Å²) in [5.41, 5.74) is 22.8. The van der Waals surface area contributed by atoms with Crippen molar-refractivity contribution >= 4 is 33.3 Å². The molecule has 0 spiro atoms. The second-order valence-electron chi connectivity index (χ2n) is 19.5. The predicted molar refractivity (Wildman–Crippen MR) is 269 cm³/mol. The van der Waals surface area contributed by atoms with Crippen LogP contribution in [0.5, 0.6) is 11.5 Å². The lowest BCUT2D eigenvalue weighted by Crippen LogP contribution is -2.35. The minimum absolute atomic E-state index is 0.0409. The molecule has 0 unspecified atom stereocenters. The maximum absolute atomic E-state index is 7.23. The first kappa shape index (κ1) is 39.4. The summed E-state index contributed by atoms with van der Waals surface area (Å²) in [6.45, 7) is 20.1. The fourth-order valence-electron chi connectivity index (χ4n) is 11.6. The lowest BCUT2D eigenvalue weighted by Gasteiger charge is -2.38. The third-order valence-corrected chi connectivity index (χ3v) is 14.4. The van der Waals surface area contributed by atoms with Gasteiger partial charge >= 0.3 is 0 Å². The number of hydrogen-bond donors (Lipinski definition) is 0. The van der Waals surface area contributed by atoms with Crippen LogP contribution in [0.4, 0.5) is 5.69 Å². The Morgan fingerprint density at radius 3 is 2.00 bits per heavy atom. The van der Waals surface area contributed by atoms with Crippen LogP contribution in [-0.2, 0) is 5.41 Å². The Bertz CT molecular complexity index is 3510. The van der Waals surface area contributed by atoms with Gasteiger partial charge in [0.15, 0.2) is 0 Å². The van der Waals surface area contributed by atoms with E-state index in [1.54, 1.807) is 0 Å². The van der Waals surface area contributed by atoms with E-state index in [2.05, 4.69) is 205 Å². The molecule has 9 aromatic rings. The van der Waals surface area contributed by atoms with E-state index in [1.165, 1.54) is 88.7 Å². The van der Waals surface area contributed by atoms with Gasteiger partial charge in [-0.25, -0.2) is 4.98 Å². The molecule has 0 saturated heterocycles. The Morgan fingerprint density at radius 2 is 1.25 bits per heavy atom. The topological polar surface area (TPSA) is 42.6 Å². The molecule has 0 saturated carbocycles. The van der Waals surface area contributed by atoms with Gasteiger partial charge in [-0.2, -0.15) is 0 Å². The maximum Gasteiger partial charge on any atom is 0.141 e. The second-order valence-corrected chi connectivity index (χ2v) is 19.5. The molecule has 2 aliphatic heterocycles. The molecule has 2 aromatic heterocycles. The summed E-state index contributed by atoms with van der Waals surface area (Å²) in [6, 6.07) is 49.3. The minimum atomic E-state index is -0.201. The first-order valence-corrected chi connectivity index (χ1v) is 22.9. The Labute approximate surface area is 381 Å².